The second kappa shape index (κ2) is 11.9. The molecule has 2 aliphatic carbocycles. The molecule has 0 radical (unpaired) electrons. The summed E-state index contributed by atoms with van der Waals surface area (Å²) in [7, 11) is 0. The Morgan fingerprint density at radius 3 is 2.46 bits per heavy atom. The second-order valence-corrected chi connectivity index (χ2v) is 13.1. The van der Waals surface area contributed by atoms with E-state index in [1.54, 1.807) is 23.0 Å². The minimum Gasteiger partial charge on any atom is -0.449 e. The molecular formula is C35H33F2N5O3S. The molecule has 2 aliphatic rings. The summed E-state index contributed by atoms with van der Waals surface area (Å²) in [5.41, 5.74) is 7.48. The number of aromatic nitrogens is 3. The van der Waals surface area contributed by atoms with Crippen LogP contribution in [-0.4, -0.2) is 51.2 Å². The summed E-state index contributed by atoms with van der Waals surface area (Å²) in [6.07, 6.45) is 5.28. The number of hydrogen-bond acceptors (Lipinski definition) is 6. The van der Waals surface area contributed by atoms with E-state index in [0.29, 0.717) is 16.9 Å². The fourth-order valence-electron chi connectivity index (χ4n) is 6.73. The Bertz CT molecular complexity index is 1910. The SMILES string of the molecule is CCc1sc(C(=O)N[C@@H]2[C@@H](NC(=O)OCC3c4ccccc4-c4ccccc43)CCCC2(F)F)cc1-c1cnn2cc(C)cnc12. The fraction of sp³-hybridized carbons (Fsp3) is 0.314. The van der Waals surface area contributed by atoms with Gasteiger partial charge in [-0.3, -0.25) is 4.79 Å². The Labute approximate surface area is 268 Å². The van der Waals surface area contributed by atoms with Crippen LogP contribution in [0.4, 0.5) is 13.6 Å². The van der Waals surface area contributed by atoms with E-state index in [9.17, 15) is 9.59 Å². The zero-order valence-corrected chi connectivity index (χ0v) is 26.2. The van der Waals surface area contributed by atoms with Crippen molar-refractivity contribution in [3.8, 4) is 22.3 Å². The zero-order chi connectivity index (χ0) is 32.0. The van der Waals surface area contributed by atoms with Gasteiger partial charge >= 0.3 is 6.09 Å². The van der Waals surface area contributed by atoms with Crippen LogP contribution in [0.15, 0.2) is 73.2 Å². The molecule has 8 nitrogen and oxygen atoms in total. The van der Waals surface area contributed by atoms with E-state index in [1.807, 2.05) is 68.6 Å². The van der Waals surface area contributed by atoms with Gasteiger partial charge in [-0.2, -0.15) is 5.10 Å². The summed E-state index contributed by atoms with van der Waals surface area (Å²) >= 11 is 1.26. The third-order valence-corrected chi connectivity index (χ3v) is 10.2. The second-order valence-electron chi connectivity index (χ2n) is 11.9. The predicted octanol–water partition coefficient (Wildman–Crippen LogP) is 7.15. The number of nitrogens with one attached hydrogen (secondary N) is 2. The topological polar surface area (TPSA) is 97.6 Å². The number of rotatable bonds is 7. The Morgan fingerprint density at radius 1 is 1.02 bits per heavy atom. The van der Waals surface area contributed by atoms with Crippen molar-refractivity contribution in [2.75, 3.05) is 6.61 Å². The van der Waals surface area contributed by atoms with Gasteiger partial charge in [0.05, 0.1) is 17.1 Å². The quantitative estimate of drug-likeness (QED) is 0.197. The highest BCUT2D eigenvalue weighted by Crippen LogP contribution is 2.44. The molecular weight excluding hydrogens is 608 g/mol. The number of ether oxygens (including phenoxy) is 1. The molecule has 2 atom stereocenters. The van der Waals surface area contributed by atoms with Crippen LogP contribution in [0.25, 0.3) is 27.9 Å². The van der Waals surface area contributed by atoms with Gasteiger partial charge in [-0.25, -0.2) is 23.1 Å². The molecule has 1 fully saturated rings. The van der Waals surface area contributed by atoms with Crippen molar-refractivity contribution < 1.29 is 23.1 Å². The van der Waals surface area contributed by atoms with Crippen LogP contribution in [0.2, 0.25) is 0 Å². The maximum Gasteiger partial charge on any atom is 0.407 e. The molecule has 0 spiro atoms. The van der Waals surface area contributed by atoms with Crippen molar-refractivity contribution in [1.29, 1.82) is 0 Å². The first kappa shape index (κ1) is 30.0. The Balaban J connectivity index is 1.07. The largest absolute Gasteiger partial charge is 0.449 e. The van der Waals surface area contributed by atoms with Gasteiger partial charge in [0, 0.05) is 40.7 Å². The van der Waals surface area contributed by atoms with Gasteiger partial charge in [0.25, 0.3) is 11.8 Å². The number of halogens is 2. The predicted molar refractivity (Wildman–Crippen MR) is 172 cm³/mol. The van der Waals surface area contributed by atoms with Crippen molar-refractivity contribution in [2.45, 2.75) is 63.5 Å². The average molecular weight is 642 g/mol. The van der Waals surface area contributed by atoms with Crippen molar-refractivity contribution in [3.05, 3.63) is 99.6 Å². The molecule has 0 unspecified atom stereocenters. The van der Waals surface area contributed by atoms with Crippen molar-refractivity contribution in [1.82, 2.24) is 25.2 Å². The number of amides is 2. The maximum absolute atomic E-state index is 15.4. The molecule has 236 valence electrons. The summed E-state index contributed by atoms with van der Waals surface area (Å²) in [4.78, 5) is 32.3. The molecule has 2 amide bonds. The van der Waals surface area contributed by atoms with Crippen LogP contribution in [0, 0.1) is 6.92 Å². The molecule has 46 heavy (non-hydrogen) atoms. The van der Waals surface area contributed by atoms with Gasteiger partial charge in [-0.1, -0.05) is 55.5 Å². The van der Waals surface area contributed by atoms with Crippen molar-refractivity contribution >= 4 is 29.0 Å². The van der Waals surface area contributed by atoms with Crippen LogP contribution in [0.1, 0.15) is 63.3 Å². The number of alkyl carbamates (subject to hydrolysis) is 1. The molecule has 5 aromatic rings. The smallest absolute Gasteiger partial charge is 0.407 e. The number of thiophene rings is 1. The average Bonchev–Trinajstić information content (AvgIpc) is 3.75. The highest BCUT2D eigenvalue weighted by molar-refractivity contribution is 7.14. The number of carbonyl (C=O) groups is 2. The first-order valence-corrected chi connectivity index (χ1v) is 16.3. The normalized spacial score (nSPS) is 18.6. The third-order valence-electron chi connectivity index (χ3n) is 8.95. The summed E-state index contributed by atoms with van der Waals surface area (Å²) in [5.74, 6) is -3.99. The van der Waals surface area contributed by atoms with Crippen LogP contribution >= 0.6 is 11.3 Å². The minimum atomic E-state index is -3.22. The summed E-state index contributed by atoms with van der Waals surface area (Å²) in [6, 6.07) is 15.1. The monoisotopic (exact) mass is 641 g/mol. The number of aryl methyl sites for hydroxylation is 2. The molecule has 2 aromatic carbocycles. The van der Waals surface area contributed by atoms with Crippen molar-refractivity contribution in [3.63, 3.8) is 0 Å². The molecule has 11 heteroatoms. The van der Waals surface area contributed by atoms with E-state index in [1.165, 1.54) is 11.3 Å². The summed E-state index contributed by atoms with van der Waals surface area (Å²) < 4.78 is 38.1. The number of benzene rings is 2. The van der Waals surface area contributed by atoms with E-state index < -0.39 is 30.0 Å². The van der Waals surface area contributed by atoms with Gasteiger partial charge in [-0.05, 0) is 60.1 Å². The molecule has 0 bridgehead atoms. The first-order valence-electron chi connectivity index (χ1n) is 15.5. The zero-order valence-electron chi connectivity index (χ0n) is 25.4. The van der Waals surface area contributed by atoms with Crippen LogP contribution in [0.5, 0.6) is 0 Å². The van der Waals surface area contributed by atoms with Gasteiger partial charge in [0.1, 0.15) is 12.6 Å². The summed E-state index contributed by atoms with van der Waals surface area (Å²) in [5, 5.41) is 9.63. The summed E-state index contributed by atoms with van der Waals surface area (Å²) in [6.45, 7) is 3.97. The Kier molecular flexibility index (Phi) is 7.80. The highest BCUT2D eigenvalue weighted by Gasteiger charge is 2.48. The van der Waals surface area contributed by atoms with Crippen LogP contribution < -0.4 is 10.6 Å². The Morgan fingerprint density at radius 2 is 1.74 bits per heavy atom. The van der Waals surface area contributed by atoms with Gasteiger partial charge < -0.3 is 15.4 Å². The van der Waals surface area contributed by atoms with Crippen molar-refractivity contribution in [2.24, 2.45) is 0 Å². The van der Waals surface area contributed by atoms with Crippen LogP contribution in [0.3, 0.4) is 0 Å². The molecule has 3 aromatic heterocycles. The lowest BCUT2D eigenvalue weighted by molar-refractivity contribution is -0.0715. The molecule has 3 heterocycles. The number of alkyl halides is 2. The lowest BCUT2D eigenvalue weighted by atomic mass is 9.87. The molecule has 2 N–H and O–H groups in total. The fourth-order valence-corrected chi connectivity index (χ4v) is 7.75. The number of hydrogen-bond donors (Lipinski definition) is 2. The Hall–Kier alpha value is -4.64. The molecule has 1 saturated carbocycles. The standard InChI is InChI=1S/C35H33F2N5O3S/c1-3-29-25(26-17-39-42-18-20(2)16-38-32(26)42)15-30(46-29)33(43)41-31-28(13-8-14-35(31,36)37)40-34(44)45-19-27-23-11-6-4-9-21(23)22-10-5-7-12-24(22)27/h4-7,9-12,15-18,27-28,31H,3,8,13-14,19H2,1-2H3,(H,40,44)(H,41,43)/t28-,31+/m0/s1. The molecule has 0 saturated heterocycles. The lowest BCUT2D eigenvalue weighted by Crippen LogP contribution is -2.62. The third kappa shape index (κ3) is 5.42. The lowest BCUT2D eigenvalue weighted by Gasteiger charge is -2.38. The maximum atomic E-state index is 15.4. The molecule has 7 rings (SSSR count). The first-order chi connectivity index (χ1) is 22.2. The van der Waals surface area contributed by atoms with Gasteiger partial charge in [0.15, 0.2) is 5.65 Å². The van der Waals surface area contributed by atoms with E-state index in [-0.39, 0.29) is 31.8 Å². The van der Waals surface area contributed by atoms with E-state index in [2.05, 4.69) is 20.7 Å². The van der Waals surface area contributed by atoms with Gasteiger partial charge in [-0.15, -0.1) is 11.3 Å². The van der Waals surface area contributed by atoms with Crippen LogP contribution in [-0.2, 0) is 11.2 Å². The number of carbonyl (C=O) groups excluding carboxylic acids is 2. The molecule has 0 aliphatic heterocycles. The van der Waals surface area contributed by atoms with E-state index >= 15 is 8.78 Å². The van der Waals surface area contributed by atoms with E-state index in [0.717, 1.165) is 43.8 Å². The van der Waals surface area contributed by atoms with Gasteiger partial charge in [0.2, 0.25) is 0 Å². The minimum absolute atomic E-state index is 0.0652. The highest BCUT2D eigenvalue weighted by atomic mass is 32.1. The number of fused-ring (bicyclic) bond motifs is 4. The number of nitrogens with zero attached hydrogens (tertiary/aromatic N) is 3. The van der Waals surface area contributed by atoms with E-state index in [4.69, 9.17) is 4.74 Å².